The van der Waals surface area contributed by atoms with E-state index in [1.54, 1.807) is 0 Å². The minimum absolute atomic E-state index is 0.430. The Morgan fingerprint density at radius 3 is 2.92 bits per heavy atom. The van der Waals surface area contributed by atoms with Crippen LogP contribution in [0.2, 0.25) is 0 Å². The van der Waals surface area contributed by atoms with Crippen molar-refractivity contribution in [3.63, 3.8) is 0 Å². The first-order chi connectivity index (χ1) is 6.18. The third kappa shape index (κ3) is 1.50. The van der Waals surface area contributed by atoms with Crippen molar-refractivity contribution in [2.24, 2.45) is 10.9 Å². The third-order valence-corrected chi connectivity index (χ3v) is 3.16. The van der Waals surface area contributed by atoms with E-state index in [1.807, 2.05) is 0 Å². The molecule has 2 heteroatoms. The SMILES string of the molecule is CC1=NC2=C(NC1C)C(C)CCC2. The van der Waals surface area contributed by atoms with Crippen molar-refractivity contribution in [1.29, 1.82) is 0 Å². The first-order valence-electron chi connectivity index (χ1n) is 5.23. The number of hydrogen-bond donors (Lipinski definition) is 1. The predicted octanol–water partition coefficient (Wildman–Crippen LogP) is 2.47. The summed E-state index contributed by atoms with van der Waals surface area (Å²) in [5.41, 5.74) is 3.95. The maximum absolute atomic E-state index is 4.67. The van der Waals surface area contributed by atoms with E-state index in [0.29, 0.717) is 12.0 Å². The molecule has 0 radical (unpaired) electrons. The van der Waals surface area contributed by atoms with Crippen LogP contribution in [0.4, 0.5) is 0 Å². The number of rotatable bonds is 0. The molecule has 2 atom stereocenters. The Balaban J connectivity index is 2.32. The molecule has 0 amide bonds. The second-order valence-corrected chi connectivity index (χ2v) is 4.27. The van der Waals surface area contributed by atoms with Crippen LogP contribution < -0.4 is 5.32 Å². The van der Waals surface area contributed by atoms with Gasteiger partial charge in [-0.25, -0.2) is 0 Å². The molecule has 0 fully saturated rings. The number of aliphatic imine (C=N–C) groups is 1. The van der Waals surface area contributed by atoms with Gasteiger partial charge in [-0.1, -0.05) is 6.92 Å². The summed E-state index contributed by atoms with van der Waals surface area (Å²) >= 11 is 0. The van der Waals surface area contributed by atoms with E-state index in [-0.39, 0.29) is 0 Å². The average molecular weight is 178 g/mol. The lowest BCUT2D eigenvalue weighted by atomic mass is 9.90. The molecule has 1 N–H and O–H groups in total. The Kier molecular flexibility index (Phi) is 2.14. The summed E-state index contributed by atoms with van der Waals surface area (Å²) in [6.07, 6.45) is 3.77. The number of allylic oxidation sites excluding steroid dienone is 2. The highest BCUT2D eigenvalue weighted by Gasteiger charge is 2.24. The van der Waals surface area contributed by atoms with E-state index in [2.05, 4.69) is 31.1 Å². The van der Waals surface area contributed by atoms with Crippen molar-refractivity contribution in [3.05, 3.63) is 11.4 Å². The van der Waals surface area contributed by atoms with Crippen LogP contribution in [0.15, 0.2) is 16.4 Å². The molecule has 72 valence electrons. The van der Waals surface area contributed by atoms with Crippen LogP contribution in [0.25, 0.3) is 0 Å². The van der Waals surface area contributed by atoms with E-state index < -0.39 is 0 Å². The lowest BCUT2D eigenvalue weighted by Gasteiger charge is -2.32. The van der Waals surface area contributed by atoms with Crippen molar-refractivity contribution in [1.82, 2.24) is 5.32 Å². The monoisotopic (exact) mass is 178 g/mol. The van der Waals surface area contributed by atoms with Gasteiger partial charge in [0.15, 0.2) is 0 Å². The maximum atomic E-state index is 4.67. The molecule has 2 unspecified atom stereocenters. The quantitative estimate of drug-likeness (QED) is 0.605. The standard InChI is InChI=1S/C11H18N2/c1-7-5-4-6-10-11(7)13-9(3)8(2)12-10/h7,9,13H,4-6H2,1-3H3. The fourth-order valence-corrected chi connectivity index (χ4v) is 2.13. The molecular weight excluding hydrogens is 160 g/mol. The lowest BCUT2D eigenvalue weighted by molar-refractivity contribution is 0.478. The highest BCUT2D eigenvalue weighted by Crippen LogP contribution is 2.31. The number of nitrogens with zero attached hydrogens (tertiary/aromatic N) is 1. The smallest absolute Gasteiger partial charge is 0.0612 e. The Morgan fingerprint density at radius 2 is 2.15 bits per heavy atom. The van der Waals surface area contributed by atoms with Crippen molar-refractivity contribution in [2.45, 2.75) is 46.1 Å². The van der Waals surface area contributed by atoms with E-state index in [9.17, 15) is 0 Å². The van der Waals surface area contributed by atoms with E-state index in [0.717, 1.165) is 6.42 Å². The van der Waals surface area contributed by atoms with Crippen LogP contribution in [-0.4, -0.2) is 11.8 Å². The topological polar surface area (TPSA) is 24.4 Å². The summed E-state index contributed by atoms with van der Waals surface area (Å²) in [6, 6.07) is 0.430. The summed E-state index contributed by atoms with van der Waals surface area (Å²) in [4.78, 5) is 4.67. The van der Waals surface area contributed by atoms with Gasteiger partial charge in [-0.3, -0.25) is 4.99 Å². The normalized spacial score (nSPS) is 33.6. The minimum Gasteiger partial charge on any atom is -0.379 e. The largest absolute Gasteiger partial charge is 0.379 e. The molecule has 2 nitrogen and oxygen atoms in total. The molecule has 1 aliphatic heterocycles. The van der Waals surface area contributed by atoms with Gasteiger partial charge in [0.1, 0.15) is 0 Å². The molecule has 0 aromatic carbocycles. The highest BCUT2D eigenvalue weighted by atomic mass is 15.0. The fourth-order valence-electron chi connectivity index (χ4n) is 2.13. The summed E-state index contributed by atoms with van der Waals surface area (Å²) in [7, 11) is 0. The zero-order valence-corrected chi connectivity index (χ0v) is 8.72. The Morgan fingerprint density at radius 1 is 1.38 bits per heavy atom. The van der Waals surface area contributed by atoms with Crippen LogP contribution >= 0.6 is 0 Å². The summed E-state index contributed by atoms with van der Waals surface area (Å²) < 4.78 is 0. The van der Waals surface area contributed by atoms with Crippen LogP contribution in [0, 0.1) is 5.92 Å². The van der Waals surface area contributed by atoms with Gasteiger partial charge in [0, 0.05) is 11.4 Å². The third-order valence-electron chi connectivity index (χ3n) is 3.16. The molecule has 13 heavy (non-hydrogen) atoms. The molecule has 0 spiro atoms. The van der Waals surface area contributed by atoms with Crippen LogP contribution in [0.3, 0.4) is 0 Å². The molecule has 0 aromatic rings. The van der Waals surface area contributed by atoms with Crippen LogP contribution in [0.1, 0.15) is 40.0 Å². The zero-order valence-electron chi connectivity index (χ0n) is 8.72. The molecule has 0 saturated carbocycles. The fraction of sp³-hybridized carbons (Fsp3) is 0.727. The number of hydrogen-bond acceptors (Lipinski definition) is 2. The molecule has 1 aliphatic carbocycles. The van der Waals surface area contributed by atoms with Gasteiger partial charge in [0.2, 0.25) is 0 Å². The predicted molar refractivity (Wildman–Crippen MR) is 55.7 cm³/mol. The van der Waals surface area contributed by atoms with Crippen LogP contribution in [0.5, 0.6) is 0 Å². The molecule has 1 heterocycles. The summed E-state index contributed by atoms with van der Waals surface area (Å²) in [5, 5.41) is 3.57. The van der Waals surface area contributed by atoms with Gasteiger partial charge < -0.3 is 5.32 Å². The van der Waals surface area contributed by atoms with E-state index >= 15 is 0 Å². The highest BCUT2D eigenvalue weighted by molar-refractivity contribution is 5.89. The van der Waals surface area contributed by atoms with Gasteiger partial charge in [0.25, 0.3) is 0 Å². The molecule has 0 aromatic heterocycles. The minimum atomic E-state index is 0.430. The van der Waals surface area contributed by atoms with Gasteiger partial charge >= 0.3 is 0 Å². The second kappa shape index (κ2) is 3.17. The second-order valence-electron chi connectivity index (χ2n) is 4.27. The van der Waals surface area contributed by atoms with Crippen molar-refractivity contribution in [2.75, 3.05) is 0 Å². The van der Waals surface area contributed by atoms with Gasteiger partial charge in [0.05, 0.1) is 11.7 Å². The molecule has 2 rings (SSSR count). The molecule has 2 aliphatic rings. The van der Waals surface area contributed by atoms with Crippen molar-refractivity contribution >= 4 is 5.71 Å². The zero-order chi connectivity index (χ0) is 9.42. The first-order valence-corrected chi connectivity index (χ1v) is 5.23. The summed E-state index contributed by atoms with van der Waals surface area (Å²) in [5.74, 6) is 0.683. The number of nitrogens with one attached hydrogen (secondary N) is 1. The molecular formula is C11H18N2. The Hall–Kier alpha value is -0.790. The van der Waals surface area contributed by atoms with Gasteiger partial charge in [-0.15, -0.1) is 0 Å². The lowest BCUT2D eigenvalue weighted by Crippen LogP contribution is -2.38. The molecule has 0 saturated heterocycles. The Labute approximate surface area is 80.1 Å². The van der Waals surface area contributed by atoms with Crippen molar-refractivity contribution in [3.8, 4) is 0 Å². The molecule has 0 bridgehead atoms. The van der Waals surface area contributed by atoms with Crippen LogP contribution in [-0.2, 0) is 0 Å². The first kappa shape index (κ1) is 8.79. The van der Waals surface area contributed by atoms with Gasteiger partial charge in [-0.2, -0.15) is 0 Å². The van der Waals surface area contributed by atoms with E-state index in [4.69, 9.17) is 0 Å². The maximum Gasteiger partial charge on any atom is 0.0612 e. The van der Waals surface area contributed by atoms with Gasteiger partial charge in [-0.05, 0) is 39.0 Å². The Bertz CT molecular complexity index is 276. The summed E-state index contributed by atoms with van der Waals surface area (Å²) in [6.45, 7) is 6.59. The average Bonchev–Trinajstić information content (AvgIpc) is 2.09. The van der Waals surface area contributed by atoms with Crippen molar-refractivity contribution < 1.29 is 0 Å². The van der Waals surface area contributed by atoms with E-state index in [1.165, 1.54) is 29.9 Å².